The fraction of sp³-hybridized carbons (Fsp3) is 0.933. The van der Waals surface area contributed by atoms with Crippen molar-refractivity contribution in [2.24, 2.45) is 0 Å². The summed E-state index contributed by atoms with van der Waals surface area (Å²) in [6, 6.07) is 1.49. The van der Waals surface area contributed by atoms with Crippen LogP contribution in [-0.2, 0) is 4.79 Å². The summed E-state index contributed by atoms with van der Waals surface area (Å²) in [5.41, 5.74) is 0. The molecule has 1 amide bonds. The molecule has 2 fully saturated rings. The third-order valence-electron chi connectivity index (χ3n) is 4.51. The predicted octanol–water partition coefficient (Wildman–Crippen LogP) is 0.223. The van der Waals surface area contributed by atoms with Gasteiger partial charge in [-0.1, -0.05) is 0 Å². The standard InChI is InChI=1S/C15H30N4O/c1-17(2)15(20)12-19-9-6-13(7-10-19)16-8-11-18(3)14-4-5-14/h13-14,16H,4-12H2,1-3H3. The molecule has 1 aliphatic heterocycles. The minimum absolute atomic E-state index is 0.211. The first-order valence-corrected chi connectivity index (χ1v) is 7.92. The van der Waals surface area contributed by atoms with Gasteiger partial charge in [0.05, 0.1) is 6.54 Å². The molecule has 0 aromatic rings. The fourth-order valence-corrected chi connectivity index (χ4v) is 2.77. The van der Waals surface area contributed by atoms with Crippen LogP contribution in [0.15, 0.2) is 0 Å². The Morgan fingerprint density at radius 3 is 2.35 bits per heavy atom. The molecular weight excluding hydrogens is 252 g/mol. The summed E-state index contributed by atoms with van der Waals surface area (Å²) in [5, 5.41) is 3.67. The lowest BCUT2D eigenvalue weighted by Crippen LogP contribution is -2.47. The minimum Gasteiger partial charge on any atom is -0.348 e. The van der Waals surface area contributed by atoms with Gasteiger partial charge >= 0.3 is 0 Å². The van der Waals surface area contributed by atoms with E-state index in [0.29, 0.717) is 12.6 Å². The molecule has 20 heavy (non-hydrogen) atoms. The van der Waals surface area contributed by atoms with Crippen LogP contribution >= 0.6 is 0 Å². The molecule has 2 rings (SSSR count). The molecule has 116 valence electrons. The highest BCUT2D eigenvalue weighted by Crippen LogP contribution is 2.24. The van der Waals surface area contributed by atoms with Crippen LogP contribution in [0.3, 0.4) is 0 Å². The molecule has 0 atom stereocenters. The lowest BCUT2D eigenvalue weighted by Gasteiger charge is -2.32. The quantitative estimate of drug-likeness (QED) is 0.725. The van der Waals surface area contributed by atoms with Gasteiger partial charge in [-0.15, -0.1) is 0 Å². The molecule has 1 saturated carbocycles. The highest BCUT2D eigenvalue weighted by atomic mass is 16.2. The Morgan fingerprint density at radius 2 is 1.80 bits per heavy atom. The van der Waals surface area contributed by atoms with E-state index >= 15 is 0 Å². The van der Waals surface area contributed by atoms with Crippen molar-refractivity contribution in [2.75, 3.05) is 53.9 Å². The first-order chi connectivity index (χ1) is 9.56. The van der Waals surface area contributed by atoms with Gasteiger partial charge in [0.2, 0.25) is 5.91 Å². The molecule has 0 spiro atoms. The van der Waals surface area contributed by atoms with Gasteiger partial charge in [0.25, 0.3) is 0 Å². The van der Waals surface area contributed by atoms with E-state index in [1.807, 2.05) is 14.1 Å². The van der Waals surface area contributed by atoms with Crippen molar-refractivity contribution >= 4 is 5.91 Å². The molecule has 0 unspecified atom stereocenters. The first kappa shape index (κ1) is 15.7. The number of likely N-dealkylation sites (tertiary alicyclic amines) is 1. The molecule has 1 saturated heterocycles. The molecule has 0 aromatic carbocycles. The van der Waals surface area contributed by atoms with E-state index in [9.17, 15) is 4.79 Å². The molecule has 0 radical (unpaired) electrons. The number of nitrogens with one attached hydrogen (secondary N) is 1. The van der Waals surface area contributed by atoms with Crippen LogP contribution in [0.1, 0.15) is 25.7 Å². The van der Waals surface area contributed by atoms with Crippen LogP contribution in [0.25, 0.3) is 0 Å². The van der Waals surface area contributed by atoms with Crippen LogP contribution in [-0.4, -0.2) is 86.6 Å². The smallest absolute Gasteiger partial charge is 0.236 e. The van der Waals surface area contributed by atoms with Crippen molar-refractivity contribution in [1.82, 2.24) is 20.0 Å². The van der Waals surface area contributed by atoms with Crippen LogP contribution in [0, 0.1) is 0 Å². The lowest BCUT2D eigenvalue weighted by atomic mass is 10.1. The van der Waals surface area contributed by atoms with E-state index in [4.69, 9.17) is 0 Å². The molecular formula is C15H30N4O. The number of hydrogen-bond donors (Lipinski definition) is 1. The second-order valence-corrected chi connectivity index (χ2v) is 6.50. The summed E-state index contributed by atoms with van der Waals surface area (Å²) in [6.07, 6.45) is 5.09. The fourth-order valence-electron chi connectivity index (χ4n) is 2.77. The van der Waals surface area contributed by atoms with Crippen molar-refractivity contribution in [3.05, 3.63) is 0 Å². The predicted molar refractivity (Wildman–Crippen MR) is 81.8 cm³/mol. The summed E-state index contributed by atoms with van der Waals surface area (Å²) < 4.78 is 0. The number of nitrogens with zero attached hydrogens (tertiary/aromatic N) is 3. The Bertz CT molecular complexity index is 309. The maximum absolute atomic E-state index is 11.7. The Kier molecular flexibility index (Phi) is 5.81. The zero-order valence-corrected chi connectivity index (χ0v) is 13.3. The maximum Gasteiger partial charge on any atom is 0.236 e. The van der Waals surface area contributed by atoms with E-state index < -0.39 is 0 Å². The lowest BCUT2D eigenvalue weighted by molar-refractivity contribution is -0.130. The molecule has 5 heteroatoms. The highest BCUT2D eigenvalue weighted by molar-refractivity contribution is 5.77. The number of carbonyl (C=O) groups excluding carboxylic acids is 1. The molecule has 2 aliphatic rings. The summed E-state index contributed by atoms with van der Waals surface area (Å²) in [6.45, 7) is 4.90. The topological polar surface area (TPSA) is 38.8 Å². The van der Waals surface area contributed by atoms with E-state index in [0.717, 1.165) is 45.1 Å². The zero-order chi connectivity index (χ0) is 14.5. The number of hydrogen-bond acceptors (Lipinski definition) is 4. The highest BCUT2D eigenvalue weighted by Gasteiger charge is 2.26. The average molecular weight is 282 g/mol. The van der Waals surface area contributed by atoms with Gasteiger partial charge in [0.15, 0.2) is 0 Å². The van der Waals surface area contributed by atoms with E-state index in [1.54, 1.807) is 4.90 Å². The molecule has 0 aromatic heterocycles. The molecule has 1 heterocycles. The third-order valence-corrected chi connectivity index (χ3v) is 4.51. The van der Waals surface area contributed by atoms with Gasteiger partial charge in [-0.2, -0.15) is 0 Å². The summed E-state index contributed by atoms with van der Waals surface area (Å²) in [5.74, 6) is 0.211. The summed E-state index contributed by atoms with van der Waals surface area (Å²) in [4.78, 5) is 18.1. The maximum atomic E-state index is 11.7. The monoisotopic (exact) mass is 282 g/mol. The van der Waals surface area contributed by atoms with Gasteiger partial charge in [-0.3, -0.25) is 9.69 Å². The van der Waals surface area contributed by atoms with Crippen molar-refractivity contribution in [3.63, 3.8) is 0 Å². The Hall–Kier alpha value is -0.650. The third kappa shape index (κ3) is 5.04. The van der Waals surface area contributed by atoms with Crippen LogP contribution in [0.2, 0.25) is 0 Å². The largest absolute Gasteiger partial charge is 0.348 e. The van der Waals surface area contributed by atoms with Gasteiger partial charge < -0.3 is 15.1 Å². The summed E-state index contributed by atoms with van der Waals surface area (Å²) in [7, 11) is 5.88. The Balaban J connectivity index is 1.55. The van der Waals surface area contributed by atoms with E-state index in [1.165, 1.54) is 12.8 Å². The van der Waals surface area contributed by atoms with Crippen molar-refractivity contribution in [2.45, 2.75) is 37.8 Å². The van der Waals surface area contributed by atoms with E-state index in [-0.39, 0.29) is 5.91 Å². The molecule has 0 bridgehead atoms. The van der Waals surface area contributed by atoms with E-state index in [2.05, 4.69) is 22.2 Å². The van der Waals surface area contributed by atoms with Gasteiger partial charge in [0.1, 0.15) is 0 Å². The second-order valence-electron chi connectivity index (χ2n) is 6.50. The van der Waals surface area contributed by atoms with Crippen LogP contribution < -0.4 is 5.32 Å². The van der Waals surface area contributed by atoms with Gasteiger partial charge in [-0.25, -0.2) is 0 Å². The Morgan fingerprint density at radius 1 is 1.15 bits per heavy atom. The number of piperidine rings is 1. The number of carbonyl (C=O) groups is 1. The SMILES string of the molecule is CN(C)C(=O)CN1CCC(NCCN(C)C2CC2)CC1. The number of likely N-dealkylation sites (N-methyl/N-ethyl adjacent to an activating group) is 2. The van der Waals surface area contributed by atoms with Gasteiger partial charge in [-0.05, 0) is 32.7 Å². The van der Waals surface area contributed by atoms with Crippen molar-refractivity contribution in [3.8, 4) is 0 Å². The van der Waals surface area contributed by atoms with Crippen LogP contribution in [0.5, 0.6) is 0 Å². The molecule has 5 nitrogen and oxygen atoms in total. The van der Waals surface area contributed by atoms with Crippen LogP contribution in [0.4, 0.5) is 0 Å². The Labute approximate surface area is 123 Å². The number of rotatable bonds is 7. The van der Waals surface area contributed by atoms with Crippen molar-refractivity contribution < 1.29 is 4.79 Å². The minimum atomic E-state index is 0.211. The number of amides is 1. The normalized spacial score (nSPS) is 21.4. The summed E-state index contributed by atoms with van der Waals surface area (Å²) >= 11 is 0. The van der Waals surface area contributed by atoms with Gasteiger partial charge in [0, 0.05) is 52.4 Å². The second kappa shape index (κ2) is 7.38. The average Bonchev–Trinajstić information content (AvgIpc) is 3.25. The zero-order valence-electron chi connectivity index (χ0n) is 13.3. The van der Waals surface area contributed by atoms with Crippen molar-refractivity contribution in [1.29, 1.82) is 0 Å². The molecule has 1 aliphatic carbocycles. The molecule has 1 N–H and O–H groups in total. The first-order valence-electron chi connectivity index (χ1n) is 7.92.